The Morgan fingerprint density at radius 2 is 1.86 bits per heavy atom. The zero-order chi connectivity index (χ0) is 14.9. The third-order valence-corrected chi connectivity index (χ3v) is 3.55. The summed E-state index contributed by atoms with van der Waals surface area (Å²) in [5.41, 5.74) is 0.937. The number of rotatable bonds is 6. The second-order valence-electron chi connectivity index (χ2n) is 5.29. The summed E-state index contributed by atoms with van der Waals surface area (Å²) in [5.74, 6) is -0.00902. The van der Waals surface area contributed by atoms with Gasteiger partial charge in [-0.3, -0.25) is 4.79 Å². The van der Waals surface area contributed by atoms with E-state index >= 15 is 0 Å². The first kappa shape index (κ1) is 15.4. The highest BCUT2D eigenvalue weighted by Crippen LogP contribution is 2.17. The fourth-order valence-electron chi connectivity index (χ4n) is 2.42. The van der Waals surface area contributed by atoms with Crippen molar-refractivity contribution in [1.82, 2.24) is 10.6 Å². The number of carbonyl (C=O) groups excluding carboxylic acids is 2. The van der Waals surface area contributed by atoms with Crippen molar-refractivity contribution in [2.24, 2.45) is 0 Å². The Bertz CT molecular complexity index is 456. The lowest BCUT2D eigenvalue weighted by molar-refractivity contribution is -0.121. The predicted octanol–water partition coefficient (Wildman–Crippen LogP) is 2.36. The minimum absolute atomic E-state index is 0.00902. The van der Waals surface area contributed by atoms with Gasteiger partial charge in [0.05, 0.1) is 0 Å². The van der Waals surface area contributed by atoms with E-state index in [1.54, 1.807) is 0 Å². The van der Waals surface area contributed by atoms with Crippen molar-refractivity contribution in [3.63, 3.8) is 0 Å². The molecule has 1 saturated carbocycles. The van der Waals surface area contributed by atoms with E-state index in [9.17, 15) is 9.59 Å². The second-order valence-corrected chi connectivity index (χ2v) is 5.29. The second kappa shape index (κ2) is 8.29. The minimum Gasteiger partial charge on any atom is -0.445 e. The van der Waals surface area contributed by atoms with Crippen LogP contribution in [0.4, 0.5) is 4.79 Å². The van der Waals surface area contributed by atoms with Crippen LogP contribution in [0.25, 0.3) is 0 Å². The van der Waals surface area contributed by atoms with Gasteiger partial charge in [0.1, 0.15) is 6.61 Å². The average molecular weight is 290 g/mol. The van der Waals surface area contributed by atoms with Crippen LogP contribution < -0.4 is 10.6 Å². The Morgan fingerprint density at radius 3 is 2.57 bits per heavy atom. The summed E-state index contributed by atoms with van der Waals surface area (Å²) in [6.45, 7) is 0.535. The van der Waals surface area contributed by atoms with E-state index in [0.29, 0.717) is 12.6 Å². The van der Waals surface area contributed by atoms with Crippen molar-refractivity contribution < 1.29 is 14.3 Å². The molecule has 0 heterocycles. The number of benzene rings is 1. The van der Waals surface area contributed by atoms with E-state index in [1.165, 1.54) is 12.8 Å². The molecule has 0 aromatic heterocycles. The fourth-order valence-corrected chi connectivity index (χ4v) is 2.42. The Labute approximate surface area is 125 Å². The Morgan fingerprint density at radius 1 is 1.14 bits per heavy atom. The zero-order valence-electron chi connectivity index (χ0n) is 12.1. The maximum atomic E-state index is 11.7. The Hall–Kier alpha value is -2.04. The van der Waals surface area contributed by atoms with Crippen LogP contribution in [-0.4, -0.2) is 24.6 Å². The molecular formula is C16H22N2O3. The summed E-state index contributed by atoms with van der Waals surface area (Å²) in [7, 11) is 0. The van der Waals surface area contributed by atoms with Crippen molar-refractivity contribution in [2.75, 3.05) is 6.54 Å². The molecule has 1 fully saturated rings. The third kappa shape index (κ3) is 5.85. The average Bonchev–Trinajstić information content (AvgIpc) is 2.99. The first-order valence-corrected chi connectivity index (χ1v) is 7.48. The van der Waals surface area contributed by atoms with Gasteiger partial charge in [-0.1, -0.05) is 43.2 Å². The molecule has 5 heteroatoms. The lowest BCUT2D eigenvalue weighted by atomic mass is 10.2. The largest absolute Gasteiger partial charge is 0.445 e. The van der Waals surface area contributed by atoms with E-state index in [2.05, 4.69) is 10.6 Å². The van der Waals surface area contributed by atoms with E-state index in [4.69, 9.17) is 4.74 Å². The molecule has 0 aliphatic heterocycles. The van der Waals surface area contributed by atoms with Crippen molar-refractivity contribution in [1.29, 1.82) is 0 Å². The van der Waals surface area contributed by atoms with Gasteiger partial charge in [0.2, 0.25) is 5.91 Å². The lowest BCUT2D eigenvalue weighted by Crippen LogP contribution is -2.35. The summed E-state index contributed by atoms with van der Waals surface area (Å²) in [4.78, 5) is 23.1. The summed E-state index contributed by atoms with van der Waals surface area (Å²) in [6.07, 6.45) is 4.31. The van der Waals surface area contributed by atoms with Crippen molar-refractivity contribution >= 4 is 12.0 Å². The minimum atomic E-state index is -0.493. The number of hydrogen-bond acceptors (Lipinski definition) is 3. The highest BCUT2D eigenvalue weighted by Gasteiger charge is 2.16. The SMILES string of the molecule is O=C(CCNC(=O)OCc1ccccc1)NC1CCCC1. The molecule has 0 spiro atoms. The van der Waals surface area contributed by atoms with Crippen LogP contribution in [-0.2, 0) is 16.1 Å². The molecule has 2 N–H and O–H groups in total. The summed E-state index contributed by atoms with van der Waals surface area (Å²) in [5, 5.41) is 5.57. The molecule has 0 bridgehead atoms. The van der Waals surface area contributed by atoms with E-state index in [0.717, 1.165) is 18.4 Å². The van der Waals surface area contributed by atoms with E-state index in [-0.39, 0.29) is 18.9 Å². The molecule has 1 aliphatic carbocycles. The van der Waals surface area contributed by atoms with Crippen LogP contribution in [0.3, 0.4) is 0 Å². The zero-order valence-corrected chi connectivity index (χ0v) is 12.1. The maximum absolute atomic E-state index is 11.7. The van der Waals surface area contributed by atoms with Crippen molar-refractivity contribution in [3.05, 3.63) is 35.9 Å². The number of hydrogen-bond donors (Lipinski definition) is 2. The summed E-state index contributed by atoms with van der Waals surface area (Å²) >= 11 is 0. The van der Waals surface area contributed by atoms with Gasteiger partial charge >= 0.3 is 6.09 Å². The summed E-state index contributed by atoms with van der Waals surface area (Å²) < 4.78 is 5.06. The first-order valence-electron chi connectivity index (χ1n) is 7.48. The molecule has 0 radical (unpaired) electrons. The first-order chi connectivity index (χ1) is 10.2. The molecule has 114 valence electrons. The van der Waals surface area contributed by atoms with Gasteiger partial charge < -0.3 is 15.4 Å². The van der Waals surface area contributed by atoms with Crippen LogP contribution in [0.2, 0.25) is 0 Å². The molecule has 0 atom stereocenters. The number of nitrogens with one attached hydrogen (secondary N) is 2. The van der Waals surface area contributed by atoms with Gasteiger partial charge in [-0.25, -0.2) is 4.79 Å². The molecule has 1 aromatic carbocycles. The van der Waals surface area contributed by atoms with Crippen LogP contribution in [0.1, 0.15) is 37.7 Å². The molecule has 2 rings (SSSR count). The van der Waals surface area contributed by atoms with Gasteiger partial charge in [0.15, 0.2) is 0 Å². The molecule has 1 aromatic rings. The molecule has 21 heavy (non-hydrogen) atoms. The van der Waals surface area contributed by atoms with Gasteiger partial charge in [-0.2, -0.15) is 0 Å². The summed E-state index contributed by atoms with van der Waals surface area (Å²) in [6, 6.07) is 9.80. The van der Waals surface area contributed by atoms with Crippen LogP contribution in [0.5, 0.6) is 0 Å². The number of amides is 2. The lowest BCUT2D eigenvalue weighted by Gasteiger charge is -2.12. The van der Waals surface area contributed by atoms with Crippen molar-refractivity contribution in [2.45, 2.75) is 44.8 Å². The number of alkyl carbamates (subject to hydrolysis) is 1. The standard InChI is InChI=1S/C16H22N2O3/c19-15(18-14-8-4-5-9-14)10-11-17-16(20)21-12-13-6-2-1-3-7-13/h1-3,6-7,14H,4-5,8-12H2,(H,17,20)(H,18,19). The number of ether oxygens (including phenoxy) is 1. The highest BCUT2D eigenvalue weighted by molar-refractivity contribution is 5.77. The topological polar surface area (TPSA) is 67.4 Å². The monoisotopic (exact) mass is 290 g/mol. The molecule has 2 amide bonds. The van der Waals surface area contributed by atoms with Gasteiger partial charge in [0, 0.05) is 19.0 Å². The molecule has 1 aliphatic rings. The highest BCUT2D eigenvalue weighted by atomic mass is 16.5. The normalized spacial score (nSPS) is 14.7. The van der Waals surface area contributed by atoms with Crippen LogP contribution in [0, 0.1) is 0 Å². The molecular weight excluding hydrogens is 268 g/mol. The molecule has 5 nitrogen and oxygen atoms in total. The predicted molar refractivity (Wildman–Crippen MR) is 79.6 cm³/mol. The molecule has 0 unspecified atom stereocenters. The van der Waals surface area contributed by atoms with Crippen LogP contribution >= 0.6 is 0 Å². The van der Waals surface area contributed by atoms with Gasteiger partial charge in [-0.05, 0) is 18.4 Å². The third-order valence-electron chi connectivity index (χ3n) is 3.55. The fraction of sp³-hybridized carbons (Fsp3) is 0.500. The molecule has 0 saturated heterocycles. The van der Waals surface area contributed by atoms with Crippen molar-refractivity contribution in [3.8, 4) is 0 Å². The smallest absolute Gasteiger partial charge is 0.407 e. The quantitative estimate of drug-likeness (QED) is 0.845. The van der Waals surface area contributed by atoms with Gasteiger partial charge in [0.25, 0.3) is 0 Å². The number of carbonyl (C=O) groups is 2. The van der Waals surface area contributed by atoms with Crippen LogP contribution in [0.15, 0.2) is 30.3 Å². The van der Waals surface area contributed by atoms with E-state index < -0.39 is 6.09 Å². The van der Waals surface area contributed by atoms with Gasteiger partial charge in [-0.15, -0.1) is 0 Å². The maximum Gasteiger partial charge on any atom is 0.407 e. The Balaban J connectivity index is 1.55. The Kier molecular flexibility index (Phi) is 6.06. The van der Waals surface area contributed by atoms with E-state index in [1.807, 2.05) is 30.3 Å².